The van der Waals surface area contributed by atoms with Crippen LogP contribution in [0.2, 0.25) is 0 Å². The van der Waals surface area contributed by atoms with E-state index < -0.39 is 42.1 Å². The van der Waals surface area contributed by atoms with Gasteiger partial charge in [-0.25, -0.2) is 4.79 Å². The van der Waals surface area contributed by atoms with Crippen molar-refractivity contribution in [1.29, 1.82) is 0 Å². The number of rotatable bonds is 9. The van der Waals surface area contributed by atoms with E-state index in [2.05, 4.69) is 9.53 Å². The molecule has 0 saturated heterocycles. The number of nitrogens with one attached hydrogen (secondary N) is 1. The van der Waals surface area contributed by atoms with Crippen LogP contribution < -0.4 is 5.32 Å². The molecule has 0 heterocycles. The fraction of sp³-hybridized carbons (Fsp3) is 0.692. The molecule has 0 aromatic heterocycles. The molecule has 0 aromatic rings. The first-order chi connectivity index (χ1) is 11.0. The molecule has 8 nitrogen and oxygen atoms in total. The van der Waals surface area contributed by atoms with Crippen LogP contribution in [0.15, 0.2) is 0 Å². The van der Waals surface area contributed by atoms with Gasteiger partial charge >= 0.3 is 18.4 Å². The summed E-state index contributed by atoms with van der Waals surface area (Å²) >= 11 is 0. The van der Waals surface area contributed by atoms with Crippen molar-refractivity contribution in [3.63, 3.8) is 0 Å². The van der Waals surface area contributed by atoms with Crippen molar-refractivity contribution in [3.05, 3.63) is 5.53 Å². The van der Waals surface area contributed by atoms with Crippen LogP contribution in [0.1, 0.15) is 26.7 Å². The van der Waals surface area contributed by atoms with Crippen LogP contribution in [-0.4, -0.2) is 60.2 Å². The van der Waals surface area contributed by atoms with E-state index in [9.17, 15) is 27.6 Å². The SMILES string of the molecule is CO[C@H](C(=O)N[C@@H](CCC(=O)C=[N+]=[N-])C(=O)OC(C)C)C(F)(F)F. The van der Waals surface area contributed by atoms with Crippen LogP contribution in [0.4, 0.5) is 13.2 Å². The number of carbonyl (C=O) groups is 3. The number of amides is 1. The highest BCUT2D eigenvalue weighted by atomic mass is 19.4. The summed E-state index contributed by atoms with van der Waals surface area (Å²) in [6.45, 7) is 3.02. The van der Waals surface area contributed by atoms with Gasteiger partial charge in [0.2, 0.25) is 11.9 Å². The summed E-state index contributed by atoms with van der Waals surface area (Å²) in [5.41, 5.74) is 8.22. The van der Waals surface area contributed by atoms with Gasteiger partial charge in [0.1, 0.15) is 6.04 Å². The molecule has 1 N–H and O–H groups in total. The van der Waals surface area contributed by atoms with Crippen molar-refractivity contribution in [2.24, 2.45) is 0 Å². The minimum absolute atomic E-state index is 0.337. The van der Waals surface area contributed by atoms with E-state index in [0.717, 1.165) is 0 Å². The molecule has 0 aliphatic carbocycles. The Kier molecular flexibility index (Phi) is 8.86. The highest BCUT2D eigenvalue weighted by Crippen LogP contribution is 2.22. The van der Waals surface area contributed by atoms with Crippen LogP contribution in [0.5, 0.6) is 0 Å². The number of carbonyl (C=O) groups excluding carboxylic acids is 3. The Bertz CT molecular complexity index is 515. The van der Waals surface area contributed by atoms with E-state index in [0.29, 0.717) is 13.3 Å². The van der Waals surface area contributed by atoms with Crippen LogP contribution in [0, 0.1) is 0 Å². The fourth-order valence-electron chi connectivity index (χ4n) is 1.62. The van der Waals surface area contributed by atoms with Gasteiger partial charge in [-0.1, -0.05) is 0 Å². The van der Waals surface area contributed by atoms with Gasteiger partial charge in [0, 0.05) is 13.5 Å². The standard InChI is InChI=1S/C13H18F3N3O5/c1-7(2)24-12(22)9(5-4-8(20)6-18-17)19-11(21)10(23-3)13(14,15)16/h6-7,9-10H,4-5H2,1-3H3,(H,19,21)/t9-,10+/m0/s1. The van der Waals surface area contributed by atoms with Crippen LogP contribution >= 0.6 is 0 Å². The summed E-state index contributed by atoms with van der Waals surface area (Å²) in [7, 11) is 0.695. The van der Waals surface area contributed by atoms with Gasteiger partial charge in [0.05, 0.1) is 6.10 Å². The van der Waals surface area contributed by atoms with Crippen molar-refractivity contribution in [2.75, 3.05) is 7.11 Å². The zero-order chi connectivity index (χ0) is 18.9. The van der Waals surface area contributed by atoms with Crippen LogP contribution in [-0.2, 0) is 23.9 Å². The molecule has 136 valence electrons. The molecule has 0 saturated carbocycles. The van der Waals surface area contributed by atoms with Crippen molar-refractivity contribution in [2.45, 2.75) is 51.1 Å². The van der Waals surface area contributed by atoms with Crippen molar-refractivity contribution in [1.82, 2.24) is 5.32 Å². The van der Waals surface area contributed by atoms with Gasteiger partial charge < -0.3 is 20.3 Å². The smallest absolute Gasteiger partial charge is 0.423 e. The van der Waals surface area contributed by atoms with E-state index in [1.54, 1.807) is 0 Å². The topological polar surface area (TPSA) is 118 Å². The molecule has 0 bridgehead atoms. The van der Waals surface area contributed by atoms with E-state index in [-0.39, 0.29) is 12.8 Å². The highest BCUT2D eigenvalue weighted by Gasteiger charge is 2.46. The quantitative estimate of drug-likeness (QED) is 0.283. The Balaban J connectivity index is 5.10. The van der Waals surface area contributed by atoms with E-state index in [1.807, 2.05) is 5.32 Å². The molecule has 1 amide bonds. The first-order valence-electron chi connectivity index (χ1n) is 6.83. The van der Waals surface area contributed by atoms with Gasteiger partial charge in [0.15, 0.2) is 0 Å². The van der Waals surface area contributed by atoms with E-state index in [1.165, 1.54) is 13.8 Å². The molecule has 0 aliphatic rings. The third kappa shape index (κ3) is 7.84. The number of hydrogen-bond donors (Lipinski definition) is 1. The summed E-state index contributed by atoms with van der Waals surface area (Å²) in [4.78, 5) is 37.3. The largest absolute Gasteiger partial charge is 0.461 e. The minimum Gasteiger partial charge on any atom is -0.461 e. The Hall–Kier alpha value is -2.26. The first-order valence-corrected chi connectivity index (χ1v) is 6.83. The summed E-state index contributed by atoms with van der Waals surface area (Å²) < 4.78 is 46.9. The van der Waals surface area contributed by atoms with Gasteiger partial charge in [-0.3, -0.25) is 9.59 Å². The third-order valence-corrected chi connectivity index (χ3v) is 2.61. The number of alkyl halides is 3. The normalized spacial score (nSPS) is 13.6. The lowest BCUT2D eigenvalue weighted by molar-refractivity contribution is -0.212. The lowest BCUT2D eigenvalue weighted by atomic mass is 10.1. The van der Waals surface area contributed by atoms with Crippen LogP contribution in [0.3, 0.4) is 0 Å². The number of halogens is 3. The minimum atomic E-state index is -4.97. The van der Waals surface area contributed by atoms with Crippen molar-refractivity contribution < 1.29 is 41.8 Å². The molecule has 2 atom stereocenters. The predicted molar refractivity (Wildman–Crippen MR) is 73.9 cm³/mol. The molecule has 0 spiro atoms. The Morgan fingerprint density at radius 2 is 1.88 bits per heavy atom. The molecule has 24 heavy (non-hydrogen) atoms. The summed E-state index contributed by atoms with van der Waals surface area (Å²) in [6.07, 6.45) is -8.43. The molecule has 0 aliphatic heterocycles. The third-order valence-electron chi connectivity index (χ3n) is 2.61. The molecule has 0 fully saturated rings. The average Bonchev–Trinajstić information content (AvgIpc) is 2.41. The van der Waals surface area contributed by atoms with Crippen LogP contribution in [0.25, 0.3) is 5.53 Å². The molecule has 0 rings (SSSR count). The summed E-state index contributed by atoms with van der Waals surface area (Å²) in [6, 6.07) is -1.49. The molecular weight excluding hydrogens is 335 g/mol. The second kappa shape index (κ2) is 9.78. The summed E-state index contributed by atoms with van der Waals surface area (Å²) in [5, 5.41) is 1.86. The lowest BCUT2D eigenvalue weighted by Crippen LogP contribution is -2.51. The zero-order valence-corrected chi connectivity index (χ0v) is 13.3. The predicted octanol–water partition coefficient (Wildman–Crippen LogP) is 0.650. The number of esters is 1. The number of ether oxygens (including phenoxy) is 2. The molecule has 11 heteroatoms. The highest BCUT2D eigenvalue weighted by molar-refractivity contribution is 6.25. The van der Waals surface area contributed by atoms with E-state index in [4.69, 9.17) is 10.3 Å². The van der Waals surface area contributed by atoms with Gasteiger partial charge in [-0.05, 0) is 20.3 Å². The maximum absolute atomic E-state index is 12.6. The maximum Gasteiger partial charge on any atom is 0.423 e. The van der Waals surface area contributed by atoms with E-state index >= 15 is 0 Å². The Labute approximate surface area is 135 Å². The zero-order valence-electron chi connectivity index (χ0n) is 13.3. The first kappa shape index (κ1) is 21.7. The number of nitrogens with zero attached hydrogens (tertiary/aromatic N) is 2. The number of hydrogen-bond acceptors (Lipinski definition) is 5. The van der Waals surface area contributed by atoms with Crippen molar-refractivity contribution in [3.8, 4) is 0 Å². The van der Waals surface area contributed by atoms with Gasteiger partial charge in [0.25, 0.3) is 5.91 Å². The second-order valence-electron chi connectivity index (χ2n) is 4.95. The average molecular weight is 353 g/mol. The second-order valence-corrected chi connectivity index (χ2v) is 4.95. The molecule has 0 radical (unpaired) electrons. The number of Topliss-reactive ketones (excluding diaryl/α,β-unsaturated/α-hetero) is 1. The molecular formula is C13H18F3N3O5. The maximum atomic E-state index is 12.6. The monoisotopic (exact) mass is 353 g/mol. The number of methoxy groups -OCH3 is 1. The summed E-state index contributed by atoms with van der Waals surface area (Å²) in [5.74, 6) is -3.27. The lowest BCUT2D eigenvalue weighted by Gasteiger charge is -2.22. The Morgan fingerprint density at radius 1 is 1.29 bits per heavy atom. The van der Waals surface area contributed by atoms with Crippen molar-refractivity contribution >= 4 is 23.9 Å². The fourth-order valence-corrected chi connectivity index (χ4v) is 1.62. The van der Waals surface area contributed by atoms with Gasteiger partial charge in [-0.15, -0.1) is 0 Å². The Morgan fingerprint density at radius 3 is 2.29 bits per heavy atom. The molecule has 0 unspecified atom stereocenters. The number of ketones is 1. The van der Waals surface area contributed by atoms with Gasteiger partial charge in [-0.2, -0.15) is 18.0 Å². The molecule has 0 aromatic carbocycles.